The van der Waals surface area contributed by atoms with Crippen LogP contribution in [-0.4, -0.2) is 51.4 Å². The fourth-order valence-corrected chi connectivity index (χ4v) is 4.82. The number of carbonyl (C=O) groups excluding carboxylic acids is 3. The molecule has 0 saturated heterocycles. The van der Waals surface area contributed by atoms with E-state index in [1.807, 2.05) is 30.3 Å². The minimum atomic E-state index is -1.08. The molecule has 2 aromatic rings. The summed E-state index contributed by atoms with van der Waals surface area (Å²) in [7, 11) is 2.96. The van der Waals surface area contributed by atoms with Crippen molar-refractivity contribution in [2.75, 3.05) is 14.1 Å². The van der Waals surface area contributed by atoms with E-state index in [0.29, 0.717) is 32.2 Å². The summed E-state index contributed by atoms with van der Waals surface area (Å²) in [5.74, 6) is -2.57. The second-order valence-corrected chi connectivity index (χ2v) is 9.33. The van der Waals surface area contributed by atoms with Gasteiger partial charge in [-0.3, -0.25) is 23.7 Å². The van der Waals surface area contributed by atoms with Crippen LogP contribution in [0.5, 0.6) is 5.75 Å². The Labute approximate surface area is 197 Å². The lowest BCUT2D eigenvalue weighted by atomic mass is 9.77. The molecule has 1 atom stereocenters. The average molecular weight is 468 g/mol. The van der Waals surface area contributed by atoms with Crippen molar-refractivity contribution in [2.45, 2.75) is 50.7 Å². The molecule has 0 spiro atoms. The van der Waals surface area contributed by atoms with E-state index >= 15 is 0 Å². The number of hydrogen-bond acceptors (Lipinski definition) is 6. The minimum Gasteiger partial charge on any atom is -0.501 e. The highest BCUT2D eigenvalue weighted by atomic mass is 16.3. The Morgan fingerprint density at radius 2 is 1.82 bits per heavy atom. The largest absolute Gasteiger partial charge is 0.501 e. The van der Waals surface area contributed by atoms with Crippen LogP contribution in [0.25, 0.3) is 0 Å². The zero-order chi connectivity index (χ0) is 24.6. The summed E-state index contributed by atoms with van der Waals surface area (Å²) in [4.78, 5) is 56.8. The second-order valence-electron chi connectivity index (χ2n) is 9.33. The van der Waals surface area contributed by atoms with Crippen molar-refractivity contribution in [1.82, 2.24) is 25.1 Å². The number of rotatable bonds is 4. The van der Waals surface area contributed by atoms with Gasteiger partial charge in [-0.25, -0.2) is 4.98 Å². The van der Waals surface area contributed by atoms with Gasteiger partial charge in [-0.2, -0.15) is 0 Å². The molecule has 1 unspecified atom stereocenters. The normalized spacial score (nSPS) is 21.7. The lowest BCUT2D eigenvalue weighted by Gasteiger charge is -2.37. The Kier molecular flexibility index (Phi) is 6.16. The number of aromatic hydroxyl groups is 1. The number of nitrogens with zero attached hydrogens (tertiary/aromatic N) is 3. The molecule has 180 valence electrons. The van der Waals surface area contributed by atoms with Crippen LogP contribution in [0.2, 0.25) is 0 Å². The van der Waals surface area contributed by atoms with Gasteiger partial charge in [0.25, 0.3) is 11.5 Å². The van der Waals surface area contributed by atoms with Gasteiger partial charge in [0.2, 0.25) is 5.75 Å². The predicted octanol–water partition coefficient (Wildman–Crippen LogP) is 1.04. The van der Waals surface area contributed by atoms with Crippen LogP contribution >= 0.6 is 0 Å². The predicted molar refractivity (Wildman–Crippen MR) is 123 cm³/mol. The first-order chi connectivity index (χ1) is 16.1. The molecular formula is C24H29N5O5. The third-order valence-corrected chi connectivity index (χ3v) is 6.79. The lowest BCUT2D eigenvalue weighted by Crippen LogP contribution is -2.53. The monoisotopic (exact) mass is 467 g/mol. The fraction of sp³-hybridized carbons (Fsp3) is 0.458. The maximum absolute atomic E-state index is 13.1. The van der Waals surface area contributed by atoms with Crippen LogP contribution in [0, 0.1) is 5.92 Å². The second kappa shape index (κ2) is 8.92. The number of hydrogen-bond donors (Lipinski definition) is 3. The first-order valence-electron chi connectivity index (χ1n) is 11.4. The Morgan fingerprint density at radius 3 is 2.44 bits per heavy atom. The van der Waals surface area contributed by atoms with Crippen LogP contribution < -0.4 is 16.2 Å². The number of benzene rings is 1. The molecule has 10 heteroatoms. The summed E-state index contributed by atoms with van der Waals surface area (Å²) in [5.41, 5.74) is -1.35. The Hall–Kier alpha value is -3.69. The van der Waals surface area contributed by atoms with Crippen LogP contribution in [0.15, 0.2) is 35.1 Å². The van der Waals surface area contributed by atoms with E-state index in [0.717, 1.165) is 5.56 Å². The highest BCUT2D eigenvalue weighted by Crippen LogP contribution is 2.43. The number of carbonyl (C=O) groups is 3. The van der Waals surface area contributed by atoms with Gasteiger partial charge in [0, 0.05) is 20.6 Å². The Bertz CT molecular complexity index is 1180. The van der Waals surface area contributed by atoms with Crippen molar-refractivity contribution >= 4 is 17.7 Å². The topological polar surface area (TPSA) is 134 Å². The smallest absolute Gasteiger partial charge is 0.311 e. The van der Waals surface area contributed by atoms with Crippen molar-refractivity contribution in [2.24, 2.45) is 5.92 Å². The van der Waals surface area contributed by atoms with Crippen LogP contribution in [0.3, 0.4) is 0 Å². The van der Waals surface area contributed by atoms with Gasteiger partial charge in [-0.05, 0) is 44.1 Å². The molecule has 3 aliphatic rings. The summed E-state index contributed by atoms with van der Waals surface area (Å²) in [6.45, 7) is 2.12. The molecule has 1 aromatic heterocycles. The summed E-state index contributed by atoms with van der Waals surface area (Å²) in [6, 6.07) is 8.88. The third-order valence-electron chi connectivity index (χ3n) is 6.79. The van der Waals surface area contributed by atoms with Crippen molar-refractivity contribution in [3.8, 4) is 5.75 Å². The molecule has 10 nitrogen and oxygen atoms in total. The quantitative estimate of drug-likeness (QED) is 0.576. The molecule has 3 heterocycles. The van der Waals surface area contributed by atoms with Crippen LogP contribution in [0.1, 0.15) is 60.5 Å². The fourth-order valence-electron chi connectivity index (χ4n) is 4.82. The molecule has 3 amide bonds. The zero-order valence-electron chi connectivity index (χ0n) is 19.5. The Balaban J connectivity index is 1.74. The van der Waals surface area contributed by atoms with E-state index < -0.39 is 46.3 Å². The Morgan fingerprint density at radius 1 is 1.18 bits per heavy atom. The van der Waals surface area contributed by atoms with Crippen molar-refractivity contribution in [3.05, 3.63) is 57.8 Å². The van der Waals surface area contributed by atoms with Gasteiger partial charge in [-0.15, -0.1) is 0 Å². The molecular weight excluding hydrogens is 438 g/mol. The number of nitrogens with one attached hydrogen (secondary N) is 2. The van der Waals surface area contributed by atoms with E-state index in [2.05, 4.69) is 15.6 Å². The zero-order valence-corrected chi connectivity index (χ0v) is 19.5. The van der Waals surface area contributed by atoms with E-state index in [1.54, 1.807) is 6.92 Å². The third kappa shape index (κ3) is 4.15. The molecule has 0 radical (unpaired) electrons. The van der Waals surface area contributed by atoms with E-state index in [-0.39, 0.29) is 11.7 Å². The van der Waals surface area contributed by atoms with Gasteiger partial charge < -0.3 is 20.6 Å². The summed E-state index contributed by atoms with van der Waals surface area (Å²) >= 11 is 0. The maximum atomic E-state index is 13.1. The molecule has 1 fully saturated rings. The molecule has 2 bridgehead atoms. The molecule has 1 aliphatic carbocycles. The maximum Gasteiger partial charge on any atom is 0.311 e. The SMILES string of the molecule is CC(NC(=O)c1nc2n(c(=O)c1O)CC1CCC2(NC(=O)C(=O)N(C)C)CC1)c1ccccc1. The average Bonchev–Trinajstić information content (AvgIpc) is 3.07. The molecule has 1 saturated carbocycles. The lowest BCUT2D eigenvalue weighted by molar-refractivity contribution is -0.145. The van der Waals surface area contributed by atoms with Gasteiger partial charge >= 0.3 is 11.8 Å². The van der Waals surface area contributed by atoms with Gasteiger partial charge in [0.15, 0.2) is 5.69 Å². The minimum absolute atomic E-state index is 0.174. The van der Waals surface area contributed by atoms with Crippen LogP contribution in [0.4, 0.5) is 0 Å². The molecule has 1 aromatic carbocycles. The van der Waals surface area contributed by atoms with E-state index in [9.17, 15) is 24.3 Å². The summed E-state index contributed by atoms with van der Waals surface area (Å²) in [5, 5.41) is 16.2. The molecule has 34 heavy (non-hydrogen) atoms. The van der Waals surface area contributed by atoms with E-state index in [4.69, 9.17) is 0 Å². The van der Waals surface area contributed by atoms with Gasteiger partial charge in [-0.1, -0.05) is 30.3 Å². The highest BCUT2D eigenvalue weighted by molar-refractivity contribution is 6.35. The van der Waals surface area contributed by atoms with Crippen molar-refractivity contribution in [1.29, 1.82) is 0 Å². The highest BCUT2D eigenvalue weighted by Gasteiger charge is 2.46. The van der Waals surface area contributed by atoms with Gasteiger partial charge in [0.1, 0.15) is 5.82 Å². The number of fused-ring (bicyclic) bond motifs is 2. The standard InChI is InChI=1S/C24H29N5O5/c1-14(16-7-5-4-6-8-16)25-19(31)17-18(30)21(33)29-13-15-9-11-24(12-10-15,23(29)26-17)27-20(32)22(34)28(2)3/h4-8,14-15,30H,9-13H2,1-3H3,(H,25,31)(H,27,32). The first-order valence-corrected chi connectivity index (χ1v) is 11.4. The number of amides is 3. The van der Waals surface area contributed by atoms with Crippen LogP contribution in [-0.2, 0) is 21.7 Å². The number of likely N-dealkylation sites (N-methyl/N-ethyl adjacent to an activating group) is 1. The number of aromatic nitrogens is 2. The van der Waals surface area contributed by atoms with Gasteiger partial charge in [0.05, 0.1) is 11.6 Å². The molecule has 3 N–H and O–H groups in total. The molecule has 5 rings (SSSR count). The molecule has 2 aliphatic heterocycles. The summed E-state index contributed by atoms with van der Waals surface area (Å²) < 4.78 is 1.35. The van der Waals surface area contributed by atoms with Crippen molar-refractivity contribution in [3.63, 3.8) is 0 Å². The van der Waals surface area contributed by atoms with E-state index in [1.165, 1.54) is 23.6 Å². The summed E-state index contributed by atoms with van der Waals surface area (Å²) in [6.07, 6.45) is 2.38. The first kappa shape index (κ1) is 23.5. The van der Waals surface area contributed by atoms with Crippen molar-refractivity contribution < 1.29 is 19.5 Å².